The minimum Gasteiger partial charge on any atom is -0.422 e. The van der Waals surface area contributed by atoms with Crippen molar-refractivity contribution in [2.45, 2.75) is 13.8 Å². The average molecular weight is 268 g/mol. The molecule has 2 rings (SSSR count). The summed E-state index contributed by atoms with van der Waals surface area (Å²) in [5.74, 6) is 0.0850. The van der Waals surface area contributed by atoms with Gasteiger partial charge in [-0.25, -0.2) is 4.79 Å². The summed E-state index contributed by atoms with van der Waals surface area (Å²) in [5.41, 5.74) is 1.57. The number of nitrogens with zero attached hydrogens (tertiary/aromatic N) is 1. The van der Waals surface area contributed by atoms with Crippen molar-refractivity contribution in [3.05, 3.63) is 60.2 Å². The second-order valence-electron chi connectivity index (χ2n) is 4.34. The predicted molar refractivity (Wildman–Crippen MR) is 80.2 cm³/mol. The fraction of sp³-hybridized carbons (Fsp3) is 0.235. The number of ether oxygens (including phenoxy) is 1. The van der Waals surface area contributed by atoms with Gasteiger partial charge in [0.1, 0.15) is 5.75 Å². The van der Waals surface area contributed by atoms with Gasteiger partial charge in [0, 0.05) is 30.9 Å². The molecule has 0 saturated heterocycles. The van der Waals surface area contributed by atoms with Crippen LogP contribution in [0.25, 0.3) is 0 Å². The summed E-state index contributed by atoms with van der Waals surface area (Å²) < 4.78 is 5.36. The molecular weight excluding hydrogens is 250 g/mol. The van der Waals surface area contributed by atoms with Crippen molar-refractivity contribution < 1.29 is 9.53 Å². The second kappa shape index (κ2) is 6.75. The highest BCUT2D eigenvalue weighted by molar-refractivity contribution is 5.91. The Balaban J connectivity index is 2.14. The van der Waals surface area contributed by atoms with Gasteiger partial charge in [0.2, 0.25) is 0 Å². The zero-order valence-corrected chi connectivity index (χ0v) is 11.8. The van der Waals surface area contributed by atoms with Gasteiger partial charge in [0.05, 0.1) is 5.56 Å². The highest BCUT2D eigenvalue weighted by Gasteiger charge is 2.09. The number of rotatable bonds is 5. The van der Waals surface area contributed by atoms with Gasteiger partial charge >= 0.3 is 5.97 Å². The molecule has 0 fully saturated rings. The first kappa shape index (κ1) is 14.1. The zero-order chi connectivity index (χ0) is 14.4. The smallest absolute Gasteiger partial charge is 0.343 e. The third kappa shape index (κ3) is 3.38. The predicted octanol–water partition coefficient (Wildman–Crippen LogP) is 3.55. The minimum absolute atomic E-state index is 0.362. The van der Waals surface area contributed by atoms with Crippen LogP contribution in [0.5, 0.6) is 5.75 Å². The van der Waals surface area contributed by atoms with Gasteiger partial charge in [0.25, 0.3) is 0 Å². The third-order valence-electron chi connectivity index (χ3n) is 3.10. The minimum atomic E-state index is -0.362. The maximum absolute atomic E-state index is 12.0. The SMILES string of the molecule is CCN(CC)c1cc[c]c(OC(=O)c2ccccc2)c1. The lowest BCUT2D eigenvalue weighted by molar-refractivity contribution is 0.0734. The molecule has 0 aliphatic heterocycles. The fourth-order valence-corrected chi connectivity index (χ4v) is 2.01. The Kier molecular flexibility index (Phi) is 4.77. The lowest BCUT2D eigenvalue weighted by Gasteiger charge is -2.21. The summed E-state index contributed by atoms with van der Waals surface area (Å²) in [4.78, 5) is 14.2. The van der Waals surface area contributed by atoms with E-state index in [4.69, 9.17) is 4.74 Å². The second-order valence-corrected chi connectivity index (χ2v) is 4.34. The number of benzene rings is 2. The normalized spacial score (nSPS) is 10.1. The summed E-state index contributed by atoms with van der Waals surface area (Å²) in [7, 11) is 0. The summed E-state index contributed by atoms with van der Waals surface area (Å²) >= 11 is 0. The summed E-state index contributed by atoms with van der Waals surface area (Å²) in [6.07, 6.45) is 0. The molecule has 20 heavy (non-hydrogen) atoms. The molecule has 103 valence electrons. The zero-order valence-electron chi connectivity index (χ0n) is 11.8. The van der Waals surface area contributed by atoms with Gasteiger partial charge in [-0.05, 0) is 38.1 Å². The molecule has 1 radical (unpaired) electrons. The molecule has 2 aromatic rings. The number of hydrogen-bond acceptors (Lipinski definition) is 3. The number of esters is 1. The van der Waals surface area contributed by atoms with E-state index in [-0.39, 0.29) is 5.97 Å². The van der Waals surface area contributed by atoms with Crippen molar-refractivity contribution in [1.82, 2.24) is 0 Å². The molecule has 2 aromatic carbocycles. The summed E-state index contributed by atoms with van der Waals surface area (Å²) in [6, 6.07) is 17.5. The number of hydrogen-bond donors (Lipinski definition) is 0. The van der Waals surface area contributed by atoms with Crippen LogP contribution in [0.1, 0.15) is 24.2 Å². The van der Waals surface area contributed by atoms with Crippen LogP contribution in [-0.4, -0.2) is 19.1 Å². The van der Waals surface area contributed by atoms with E-state index in [2.05, 4.69) is 24.8 Å². The van der Waals surface area contributed by atoms with E-state index in [1.807, 2.05) is 30.3 Å². The molecule has 0 saturated carbocycles. The first-order valence-corrected chi connectivity index (χ1v) is 6.78. The molecule has 3 nitrogen and oxygen atoms in total. The molecule has 0 aliphatic rings. The Morgan fingerprint density at radius 3 is 2.50 bits per heavy atom. The van der Waals surface area contributed by atoms with Crippen molar-refractivity contribution in [3.8, 4) is 5.75 Å². The van der Waals surface area contributed by atoms with Crippen LogP contribution in [-0.2, 0) is 0 Å². The lowest BCUT2D eigenvalue weighted by atomic mass is 10.2. The van der Waals surface area contributed by atoms with Gasteiger partial charge in [0.15, 0.2) is 0 Å². The van der Waals surface area contributed by atoms with E-state index in [1.165, 1.54) is 0 Å². The van der Waals surface area contributed by atoms with Crippen molar-refractivity contribution in [2.24, 2.45) is 0 Å². The first-order chi connectivity index (χ1) is 9.74. The van der Waals surface area contributed by atoms with Crippen LogP contribution in [0.4, 0.5) is 5.69 Å². The van der Waals surface area contributed by atoms with Gasteiger partial charge in [-0.15, -0.1) is 0 Å². The van der Waals surface area contributed by atoms with Crippen molar-refractivity contribution in [2.75, 3.05) is 18.0 Å². The van der Waals surface area contributed by atoms with Crippen LogP contribution < -0.4 is 9.64 Å². The van der Waals surface area contributed by atoms with E-state index < -0.39 is 0 Å². The standard InChI is InChI=1S/C17H18NO2/c1-3-18(4-2)15-11-8-12-16(13-15)20-17(19)14-9-6-5-7-10-14/h5-11,13H,3-4H2,1-2H3. The van der Waals surface area contributed by atoms with Crippen LogP contribution in [0.2, 0.25) is 0 Å². The van der Waals surface area contributed by atoms with E-state index >= 15 is 0 Å². The fourth-order valence-electron chi connectivity index (χ4n) is 2.01. The monoisotopic (exact) mass is 268 g/mol. The Bertz CT molecular complexity index is 562. The van der Waals surface area contributed by atoms with E-state index in [0.717, 1.165) is 18.8 Å². The van der Waals surface area contributed by atoms with Crippen LogP contribution in [0.3, 0.4) is 0 Å². The maximum atomic E-state index is 12.0. The summed E-state index contributed by atoms with van der Waals surface area (Å²) in [6.45, 7) is 6.00. The molecule has 0 atom stereocenters. The van der Waals surface area contributed by atoms with Crippen LogP contribution in [0.15, 0.2) is 48.5 Å². The van der Waals surface area contributed by atoms with Crippen molar-refractivity contribution >= 4 is 11.7 Å². The van der Waals surface area contributed by atoms with Gasteiger partial charge in [-0.3, -0.25) is 0 Å². The lowest BCUT2D eigenvalue weighted by Crippen LogP contribution is -2.21. The molecule has 0 spiro atoms. The molecule has 0 aromatic heterocycles. The molecule has 0 amide bonds. The topological polar surface area (TPSA) is 29.5 Å². The molecule has 3 heteroatoms. The van der Waals surface area contributed by atoms with Crippen LogP contribution in [0, 0.1) is 6.07 Å². The van der Waals surface area contributed by atoms with Gasteiger partial charge in [-0.2, -0.15) is 0 Å². The Morgan fingerprint density at radius 1 is 1.15 bits per heavy atom. The maximum Gasteiger partial charge on any atom is 0.343 e. The first-order valence-electron chi connectivity index (χ1n) is 6.78. The van der Waals surface area contributed by atoms with E-state index in [1.54, 1.807) is 18.2 Å². The number of carbonyl (C=O) groups excluding carboxylic acids is 1. The van der Waals surface area contributed by atoms with E-state index in [9.17, 15) is 4.79 Å². The largest absolute Gasteiger partial charge is 0.422 e. The molecule has 0 bridgehead atoms. The highest BCUT2D eigenvalue weighted by atomic mass is 16.5. The molecule has 0 unspecified atom stereocenters. The molecular formula is C17H18NO2. The van der Waals surface area contributed by atoms with Gasteiger partial charge in [-0.1, -0.05) is 18.2 Å². The molecule has 0 heterocycles. The van der Waals surface area contributed by atoms with E-state index in [0.29, 0.717) is 11.3 Å². The van der Waals surface area contributed by atoms with Gasteiger partial charge < -0.3 is 9.64 Å². The molecule has 0 N–H and O–H groups in total. The third-order valence-corrected chi connectivity index (χ3v) is 3.10. The van der Waals surface area contributed by atoms with Crippen molar-refractivity contribution in [3.63, 3.8) is 0 Å². The van der Waals surface area contributed by atoms with Crippen LogP contribution >= 0.6 is 0 Å². The molecule has 0 aliphatic carbocycles. The number of anilines is 1. The Labute approximate surface area is 119 Å². The number of carbonyl (C=O) groups is 1. The quantitative estimate of drug-likeness (QED) is 0.613. The average Bonchev–Trinajstić information content (AvgIpc) is 2.50. The van der Waals surface area contributed by atoms with Crippen molar-refractivity contribution in [1.29, 1.82) is 0 Å². The Hall–Kier alpha value is -2.29. The summed E-state index contributed by atoms with van der Waals surface area (Å²) in [5, 5.41) is 0. The highest BCUT2D eigenvalue weighted by Crippen LogP contribution is 2.21. The Morgan fingerprint density at radius 2 is 1.85 bits per heavy atom.